The molecule has 0 bridgehead atoms. The van der Waals surface area contributed by atoms with E-state index in [1.165, 1.54) is 11.3 Å². The van der Waals surface area contributed by atoms with Gasteiger partial charge in [-0.15, -0.1) is 11.3 Å². The largest absolute Gasteiger partial charge is 0.378 e. The Balaban J connectivity index is 2.41. The molecule has 0 saturated heterocycles. The van der Waals surface area contributed by atoms with Gasteiger partial charge >= 0.3 is 0 Å². The van der Waals surface area contributed by atoms with E-state index < -0.39 is 0 Å². The van der Waals surface area contributed by atoms with E-state index >= 15 is 0 Å². The Kier molecular flexibility index (Phi) is 3.43. The molecule has 2 heterocycles. The molecule has 0 aliphatic heterocycles. The maximum Gasteiger partial charge on any atom is 0.191 e. The van der Waals surface area contributed by atoms with Crippen molar-refractivity contribution in [2.75, 3.05) is 19.5 Å². The highest BCUT2D eigenvalue weighted by Crippen LogP contribution is 2.20. The molecule has 16 heavy (non-hydrogen) atoms. The van der Waals surface area contributed by atoms with Crippen LogP contribution < -0.4 is 5.32 Å². The standard InChI is InChI=1S/C10H12N4OS/c1-11-8-5-7(6-15-2)13-9(14-8)10-12-3-4-16-10/h3-5H,6H2,1-2H3,(H,11,13,14). The molecule has 2 rings (SSSR count). The number of ether oxygens (including phenoxy) is 1. The van der Waals surface area contributed by atoms with E-state index in [9.17, 15) is 0 Å². The molecule has 0 amide bonds. The van der Waals surface area contributed by atoms with Crippen molar-refractivity contribution in [1.82, 2.24) is 15.0 Å². The van der Waals surface area contributed by atoms with Crippen LogP contribution in [0.3, 0.4) is 0 Å². The summed E-state index contributed by atoms with van der Waals surface area (Å²) in [5.41, 5.74) is 0.840. The first-order chi connectivity index (χ1) is 7.83. The summed E-state index contributed by atoms with van der Waals surface area (Å²) in [6.45, 7) is 0.468. The zero-order chi connectivity index (χ0) is 11.4. The summed E-state index contributed by atoms with van der Waals surface area (Å²) in [4.78, 5) is 12.9. The summed E-state index contributed by atoms with van der Waals surface area (Å²) in [5.74, 6) is 1.40. The smallest absolute Gasteiger partial charge is 0.191 e. The summed E-state index contributed by atoms with van der Waals surface area (Å²) in [6.07, 6.45) is 1.74. The lowest BCUT2D eigenvalue weighted by molar-refractivity contribution is 0.181. The Bertz CT molecular complexity index is 458. The van der Waals surface area contributed by atoms with E-state index in [4.69, 9.17) is 4.74 Å². The number of hydrogen-bond donors (Lipinski definition) is 1. The molecule has 1 N–H and O–H groups in total. The number of hydrogen-bond acceptors (Lipinski definition) is 6. The van der Waals surface area contributed by atoms with Crippen LogP contribution in [-0.2, 0) is 11.3 Å². The Morgan fingerprint density at radius 3 is 2.94 bits per heavy atom. The average Bonchev–Trinajstić information content (AvgIpc) is 2.82. The van der Waals surface area contributed by atoms with Crippen molar-refractivity contribution in [2.24, 2.45) is 0 Å². The minimum Gasteiger partial charge on any atom is -0.378 e. The first-order valence-electron chi connectivity index (χ1n) is 4.78. The Morgan fingerprint density at radius 1 is 1.44 bits per heavy atom. The molecule has 0 atom stereocenters. The van der Waals surface area contributed by atoms with Gasteiger partial charge in [-0.25, -0.2) is 15.0 Å². The van der Waals surface area contributed by atoms with Crippen LogP contribution in [0.1, 0.15) is 5.69 Å². The average molecular weight is 236 g/mol. The van der Waals surface area contributed by atoms with Crippen LogP contribution in [0.2, 0.25) is 0 Å². The van der Waals surface area contributed by atoms with Gasteiger partial charge in [-0.3, -0.25) is 0 Å². The van der Waals surface area contributed by atoms with Crippen molar-refractivity contribution >= 4 is 17.2 Å². The fourth-order valence-corrected chi connectivity index (χ4v) is 1.85. The minimum absolute atomic E-state index is 0.468. The van der Waals surface area contributed by atoms with Gasteiger partial charge in [-0.05, 0) is 0 Å². The summed E-state index contributed by atoms with van der Waals surface area (Å²) in [5, 5.41) is 5.72. The number of rotatable bonds is 4. The van der Waals surface area contributed by atoms with E-state index in [0.717, 1.165) is 16.5 Å². The molecule has 6 heteroatoms. The molecule has 0 radical (unpaired) electrons. The van der Waals surface area contributed by atoms with E-state index in [-0.39, 0.29) is 0 Å². The van der Waals surface area contributed by atoms with Crippen molar-refractivity contribution in [3.05, 3.63) is 23.3 Å². The highest BCUT2D eigenvalue weighted by molar-refractivity contribution is 7.12. The Hall–Kier alpha value is -1.53. The first-order valence-corrected chi connectivity index (χ1v) is 5.66. The predicted octanol–water partition coefficient (Wildman–Crippen LogP) is 1.79. The molecule has 5 nitrogen and oxygen atoms in total. The highest BCUT2D eigenvalue weighted by Gasteiger charge is 2.08. The summed E-state index contributed by atoms with van der Waals surface area (Å²) in [7, 11) is 3.47. The normalized spacial score (nSPS) is 10.4. The molecule has 84 valence electrons. The van der Waals surface area contributed by atoms with Gasteiger partial charge in [0.2, 0.25) is 0 Å². The number of thiazole rings is 1. The van der Waals surface area contributed by atoms with Gasteiger partial charge in [0, 0.05) is 31.8 Å². The van der Waals surface area contributed by atoms with Crippen LogP contribution in [0.5, 0.6) is 0 Å². The third kappa shape index (κ3) is 2.34. The lowest BCUT2D eigenvalue weighted by Crippen LogP contribution is -2.01. The number of nitrogens with zero attached hydrogens (tertiary/aromatic N) is 3. The van der Waals surface area contributed by atoms with E-state index in [2.05, 4.69) is 20.3 Å². The number of nitrogens with one attached hydrogen (secondary N) is 1. The van der Waals surface area contributed by atoms with Gasteiger partial charge < -0.3 is 10.1 Å². The summed E-state index contributed by atoms with van der Waals surface area (Å²) < 4.78 is 5.06. The van der Waals surface area contributed by atoms with Crippen LogP contribution in [-0.4, -0.2) is 29.1 Å². The minimum atomic E-state index is 0.468. The van der Waals surface area contributed by atoms with Crippen LogP contribution in [0.15, 0.2) is 17.6 Å². The fraction of sp³-hybridized carbons (Fsp3) is 0.300. The van der Waals surface area contributed by atoms with Crippen molar-refractivity contribution in [3.8, 4) is 10.8 Å². The lowest BCUT2D eigenvalue weighted by atomic mass is 10.4. The van der Waals surface area contributed by atoms with Crippen molar-refractivity contribution in [3.63, 3.8) is 0 Å². The van der Waals surface area contributed by atoms with Crippen molar-refractivity contribution < 1.29 is 4.74 Å². The monoisotopic (exact) mass is 236 g/mol. The van der Waals surface area contributed by atoms with Crippen LogP contribution >= 0.6 is 11.3 Å². The maximum atomic E-state index is 5.06. The second-order valence-electron chi connectivity index (χ2n) is 3.09. The quantitative estimate of drug-likeness (QED) is 0.877. The number of aromatic nitrogens is 3. The summed E-state index contributed by atoms with van der Waals surface area (Å²) >= 11 is 1.52. The molecule has 2 aromatic rings. The molecule has 0 aliphatic carbocycles. The predicted molar refractivity (Wildman–Crippen MR) is 63.4 cm³/mol. The van der Waals surface area contributed by atoms with Crippen LogP contribution in [0.4, 0.5) is 5.82 Å². The van der Waals surface area contributed by atoms with Gasteiger partial charge in [0.25, 0.3) is 0 Å². The lowest BCUT2D eigenvalue weighted by Gasteiger charge is -2.05. The Labute approximate surface area is 97.5 Å². The van der Waals surface area contributed by atoms with Gasteiger partial charge in [0.05, 0.1) is 12.3 Å². The van der Waals surface area contributed by atoms with Crippen molar-refractivity contribution in [2.45, 2.75) is 6.61 Å². The third-order valence-electron chi connectivity index (χ3n) is 1.95. The molecule has 0 unspecified atom stereocenters. The zero-order valence-corrected chi connectivity index (χ0v) is 9.91. The molecule has 2 aromatic heterocycles. The van der Waals surface area contributed by atoms with Crippen LogP contribution in [0, 0.1) is 0 Å². The SMILES string of the molecule is CNc1cc(COC)nc(-c2nccs2)n1. The van der Waals surface area contributed by atoms with Gasteiger partial charge in [0.1, 0.15) is 5.82 Å². The maximum absolute atomic E-state index is 5.06. The molecule has 0 spiro atoms. The molecule has 0 saturated carbocycles. The van der Waals surface area contributed by atoms with Crippen molar-refractivity contribution in [1.29, 1.82) is 0 Å². The first kappa shape index (κ1) is 11.0. The number of anilines is 1. The second-order valence-corrected chi connectivity index (χ2v) is 3.98. The van der Waals surface area contributed by atoms with E-state index in [1.807, 2.05) is 18.5 Å². The third-order valence-corrected chi connectivity index (χ3v) is 2.72. The molecule has 0 aliphatic rings. The van der Waals surface area contributed by atoms with Gasteiger partial charge in [0.15, 0.2) is 10.8 Å². The molecule has 0 fully saturated rings. The fourth-order valence-electron chi connectivity index (χ4n) is 1.28. The summed E-state index contributed by atoms with van der Waals surface area (Å²) in [6, 6.07) is 1.86. The molecular weight excluding hydrogens is 224 g/mol. The topological polar surface area (TPSA) is 59.9 Å². The molecular formula is C10H12N4OS. The zero-order valence-electron chi connectivity index (χ0n) is 9.10. The van der Waals surface area contributed by atoms with Crippen LogP contribution in [0.25, 0.3) is 10.8 Å². The second kappa shape index (κ2) is 5.00. The van der Waals surface area contributed by atoms with E-state index in [0.29, 0.717) is 12.4 Å². The van der Waals surface area contributed by atoms with E-state index in [1.54, 1.807) is 13.3 Å². The van der Waals surface area contributed by atoms with Gasteiger partial charge in [-0.2, -0.15) is 0 Å². The van der Waals surface area contributed by atoms with Gasteiger partial charge in [-0.1, -0.05) is 0 Å². The Morgan fingerprint density at radius 2 is 2.31 bits per heavy atom. The molecule has 0 aromatic carbocycles. The number of methoxy groups -OCH3 is 1. The highest BCUT2D eigenvalue weighted by atomic mass is 32.1.